The summed E-state index contributed by atoms with van der Waals surface area (Å²) in [5.74, 6) is 1.77. The molecule has 3 aromatic rings. The zero-order valence-electron chi connectivity index (χ0n) is 15.1. The second-order valence-corrected chi connectivity index (χ2v) is 6.73. The predicted molar refractivity (Wildman–Crippen MR) is 103 cm³/mol. The van der Waals surface area contributed by atoms with Crippen LogP contribution in [0.3, 0.4) is 0 Å². The van der Waals surface area contributed by atoms with E-state index in [-0.39, 0.29) is 12.7 Å². The molecule has 0 radical (unpaired) electrons. The number of carbonyl (C=O) groups is 1. The molecule has 0 bridgehead atoms. The van der Waals surface area contributed by atoms with E-state index < -0.39 is 0 Å². The Kier molecular flexibility index (Phi) is 4.05. The van der Waals surface area contributed by atoms with Crippen LogP contribution in [0, 0.1) is 0 Å². The number of hydrogen-bond acceptors (Lipinski definition) is 6. The fraction of sp³-hybridized carbons (Fsp3) is 0.190. The summed E-state index contributed by atoms with van der Waals surface area (Å²) in [6.45, 7) is 1.55. The highest BCUT2D eigenvalue weighted by molar-refractivity contribution is 5.93. The molecule has 2 aliphatic rings. The molecule has 5 rings (SSSR count). The van der Waals surface area contributed by atoms with Crippen molar-refractivity contribution < 1.29 is 14.3 Å². The van der Waals surface area contributed by atoms with Crippen LogP contribution in [-0.4, -0.2) is 34.1 Å². The van der Waals surface area contributed by atoms with Gasteiger partial charge in [0.15, 0.2) is 11.5 Å². The average molecular weight is 374 g/mol. The quantitative estimate of drug-likeness (QED) is 0.759. The van der Waals surface area contributed by atoms with E-state index in [1.54, 1.807) is 12.4 Å². The number of aromatic nitrogens is 2. The summed E-state index contributed by atoms with van der Waals surface area (Å²) in [5.41, 5.74) is 3.78. The Balaban J connectivity index is 1.28. The van der Waals surface area contributed by atoms with Crippen molar-refractivity contribution in [3.05, 3.63) is 71.5 Å². The van der Waals surface area contributed by atoms with E-state index in [4.69, 9.17) is 9.47 Å². The van der Waals surface area contributed by atoms with Crippen molar-refractivity contribution in [2.45, 2.75) is 13.0 Å². The van der Waals surface area contributed by atoms with Crippen molar-refractivity contribution in [2.24, 2.45) is 0 Å². The zero-order valence-corrected chi connectivity index (χ0v) is 15.1. The predicted octanol–water partition coefficient (Wildman–Crippen LogP) is 3.15. The lowest BCUT2D eigenvalue weighted by atomic mass is 9.99. The van der Waals surface area contributed by atoms with Gasteiger partial charge in [-0.15, -0.1) is 0 Å². The van der Waals surface area contributed by atoms with E-state index in [2.05, 4.69) is 27.4 Å². The van der Waals surface area contributed by atoms with Gasteiger partial charge in [0, 0.05) is 37.2 Å². The van der Waals surface area contributed by atoms with E-state index in [1.165, 1.54) is 11.1 Å². The van der Waals surface area contributed by atoms with Gasteiger partial charge in [-0.05, 0) is 29.7 Å². The van der Waals surface area contributed by atoms with Gasteiger partial charge in [0.1, 0.15) is 0 Å². The van der Waals surface area contributed by atoms with Crippen LogP contribution in [0.1, 0.15) is 21.5 Å². The third-order valence-electron chi connectivity index (χ3n) is 4.95. The van der Waals surface area contributed by atoms with Gasteiger partial charge in [0.2, 0.25) is 12.7 Å². The lowest BCUT2D eigenvalue weighted by Crippen LogP contribution is -2.36. The summed E-state index contributed by atoms with van der Waals surface area (Å²) in [7, 11) is 0. The smallest absolute Gasteiger partial charge is 0.257 e. The molecule has 0 saturated heterocycles. The third-order valence-corrected chi connectivity index (χ3v) is 4.95. The first kappa shape index (κ1) is 16.6. The van der Waals surface area contributed by atoms with E-state index in [9.17, 15) is 4.79 Å². The summed E-state index contributed by atoms with van der Waals surface area (Å²) < 4.78 is 10.7. The molecule has 2 aromatic carbocycles. The van der Waals surface area contributed by atoms with Gasteiger partial charge in [-0.25, -0.2) is 9.97 Å². The van der Waals surface area contributed by atoms with Crippen LogP contribution in [0.2, 0.25) is 0 Å². The second-order valence-electron chi connectivity index (χ2n) is 6.73. The Hall–Kier alpha value is -3.61. The molecular formula is C21H18N4O3. The lowest BCUT2D eigenvalue weighted by molar-refractivity contribution is 0.0734. The molecular weight excluding hydrogens is 356 g/mol. The summed E-state index contributed by atoms with van der Waals surface area (Å²) in [5, 5.41) is 3.11. The van der Waals surface area contributed by atoms with Crippen LogP contribution in [0.5, 0.6) is 11.5 Å². The Bertz CT molecular complexity index is 1040. The Morgan fingerprint density at radius 1 is 1.00 bits per heavy atom. The number of carbonyl (C=O) groups excluding carboxylic acids is 1. The number of anilines is 2. The number of benzene rings is 2. The maximum absolute atomic E-state index is 12.8. The molecule has 140 valence electrons. The molecule has 3 heterocycles. The number of fused-ring (bicyclic) bond motifs is 2. The first-order chi connectivity index (χ1) is 13.8. The van der Waals surface area contributed by atoms with E-state index in [0.29, 0.717) is 30.4 Å². The van der Waals surface area contributed by atoms with Crippen molar-refractivity contribution >= 4 is 17.5 Å². The van der Waals surface area contributed by atoms with Crippen LogP contribution in [-0.2, 0) is 13.0 Å². The van der Waals surface area contributed by atoms with Crippen molar-refractivity contribution in [1.82, 2.24) is 14.9 Å². The fourth-order valence-corrected chi connectivity index (χ4v) is 3.46. The molecule has 0 spiro atoms. The maximum atomic E-state index is 12.8. The third kappa shape index (κ3) is 3.11. The molecule has 7 nitrogen and oxygen atoms in total. The van der Waals surface area contributed by atoms with Gasteiger partial charge in [0.05, 0.1) is 5.56 Å². The van der Waals surface area contributed by atoms with E-state index in [1.807, 2.05) is 35.2 Å². The van der Waals surface area contributed by atoms with Crippen molar-refractivity contribution in [3.8, 4) is 11.5 Å². The van der Waals surface area contributed by atoms with E-state index in [0.717, 1.165) is 17.9 Å². The van der Waals surface area contributed by atoms with E-state index >= 15 is 0 Å². The van der Waals surface area contributed by atoms with Gasteiger partial charge in [0.25, 0.3) is 5.91 Å². The number of ether oxygens (including phenoxy) is 2. The molecule has 28 heavy (non-hydrogen) atoms. The normalized spacial score (nSPS) is 14.5. The summed E-state index contributed by atoms with van der Waals surface area (Å²) in [4.78, 5) is 23.2. The highest BCUT2D eigenvalue weighted by Crippen LogP contribution is 2.34. The largest absolute Gasteiger partial charge is 0.454 e. The van der Waals surface area contributed by atoms with Gasteiger partial charge in [-0.3, -0.25) is 4.79 Å². The van der Waals surface area contributed by atoms with Crippen molar-refractivity contribution in [1.29, 1.82) is 0 Å². The van der Waals surface area contributed by atoms with Crippen LogP contribution in [0.15, 0.2) is 54.9 Å². The first-order valence-electron chi connectivity index (χ1n) is 9.11. The summed E-state index contributed by atoms with van der Waals surface area (Å²) in [6.07, 6.45) is 3.99. The molecule has 0 fully saturated rings. The minimum absolute atomic E-state index is 0.0517. The number of hydrogen-bond donors (Lipinski definition) is 1. The Morgan fingerprint density at radius 3 is 2.64 bits per heavy atom. The minimum atomic E-state index is -0.0517. The molecule has 1 aromatic heterocycles. The zero-order chi connectivity index (χ0) is 18.9. The summed E-state index contributed by atoms with van der Waals surface area (Å²) >= 11 is 0. The fourth-order valence-electron chi connectivity index (χ4n) is 3.46. The second kappa shape index (κ2) is 6.84. The first-order valence-corrected chi connectivity index (χ1v) is 9.11. The molecule has 1 N–H and O–H groups in total. The molecule has 0 aliphatic carbocycles. The van der Waals surface area contributed by atoms with Crippen LogP contribution < -0.4 is 14.8 Å². The van der Waals surface area contributed by atoms with Crippen LogP contribution >= 0.6 is 0 Å². The molecule has 2 aliphatic heterocycles. The number of nitrogens with one attached hydrogen (secondary N) is 1. The summed E-state index contributed by atoms with van der Waals surface area (Å²) in [6, 6.07) is 13.8. The van der Waals surface area contributed by atoms with Crippen molar-refractivity contribution in [2.75, 3.05) is 18.7 Å². The minimum Gasteiger partial charge on any atom is -0.454 e. The molecule has 7 heteroatoms. The monoisotopic (exact) mass is 374 g/mol. The molecule has 0 saturated carbocycles. The highest BCUT2D eigenvalue weighted by atomic mass is 16.7. The van der Waals surface area contributed by atoms with Crippen LogP contribution in [0.4, 0.5) is 11.6 Å². The van der Waals surface area contributed by atoms with Gasteiger partial charge in [-0.1, -0.05) is 24.3 Å². The SMILES string of the molecule is O=C(c1cnc(Nc2ccc3c(c2)OCO3)nc1)N1CCc2ccccc2C1. The maximum Gasteiger partial charge on any atom is 0.257 e. The number of rotatable bonds is 3. The van der Waals surface area contributed by atoms with Crippen molar-refractivity contribution in [3.63, 3.8) is 0 Å². The average Bonchev–Trinajstić information content (AvgIpc) is 3.21. The number of nitrogens with zero attached hydrogens (tertiary/aromatic N) is 3. The van der Waals surface area contributed by atoms with Crippen LogP contribution in [0.25, 0.3) is 0 Å². The molecule has 0 unspecified atom stereocenters. The lowest BCUT2D eigenvalue weighted by Gasteiger charge is -2.28. The highest BCUT2D eigenvalue weighted by Gasteiger charge is 2.22. The van der Waals surface area contributed by atoms with Gasteiger partial charge < -0.3 is 19.7 Å². The molecule has 0 atom stereocenters. The standard InChI is InChI=1S/C21H18N4O3/c26-20(25-8-7-14-3-1-2-4-15(14)12-25)16-10-22-21(23-11-16)24-17-5-6-18-19(9-17)28-13-27-18/h1-6,9-11H,7-8,12-13H2,(H,22,23,24). The Labute approximate surface area is 161 Å². The number of amides is 1. The topological polar surface area (TPSA) is 76.6 Å². The van der Waals surface area contributed by atoms with Gasteiger partial charge in [-0.2, -0.15) is 0 Å². The molecule has 1 amide bonds. The Morgan fingerprint density at radius 2 is 1.79 bits per heavy atom. The van der Waals surface area contributed by atoms with Gasteiger partial charge >= 0.3 is 0 Å².